The number of H-pyrrole nitrogens is 1. The Morgan fingerprint density at radius 3 is 3.00 bits per heavy atom. The van der Waals surface area contributed by atoms with Crippen molar-refractivity contribution in [3.05, 3.63) is 22.9 Å². The predicted octanol–water partition coefficient (Wildman–Crippen LogP) is -1.32. The van der Waals surface area contributed by atoms with E-state index in [0.717, 1.165) is 0 Å². The van der Waals surface area contributed by atoms with E-state index in [1.807, 2.05) is 0 Å². The second kappa shape index (κ2) is 4.46. The maximum atomic E-state index is 10.9. The van der Waals surface area contributed by atoms with Crippen molar-refractivity contribution in [2.45, 2.75) is 6.54 Å². The van der Waals surface area contributed by atoms with Crippen LogP contribution in [-0.2, 0) is 16.1 Å². The van der Waals surface area contributed by atoms with Gasteiger partial charge >= 0.3 is 5.69 Å². The van der Waals surface area contributed by atoms with Gasteiger partial charge in [0, 0.05) is 12.4 Å². The maximum absolute atomic E-state index is 10.9. The lowest BCUT2D eigenvalue weighted by molar-refractivity contribution is -0.122. The number of primary amides is 1. The van der Waals surface area contributed by atoms with E-state index < -0.39 is 5.91 Å². The summed E-state index contributed by atoms with van der Waals surface area (Å²) in [5, 5.41) is 0. The van der Waals surface area contributed by atoms with Crippen molar-refractivity contribution in [3.8, 4) is 0 Å². The Hall–Kier alpha value is -1.56. The minimum atomic E-state index is -0.513. The summed E-state index contributed by atoms with van der Waals surface area (Å²) in [7, 11) is 0. The van der Waals surface area contributed by atoms with Crippen LogP contribution < -0.4 is 11.4 Å². The molecule has 0 saturated heterocycles. The highest BCUT2D eigenvalue weighted by Gasteiger charge is 1.96. The molecule has 0 saturated carbocycles. The molecule has 0 spiro atoms. The van der Waals surface area contributed by atoms with Gasteiger partial charge in [-0.3, -0.25) is 9.36 Å². The predicted molar refractivity (Wildman–Crippen MR) is 45.1 cm³/mol. The molecule has 3 N–H and O–H groups in total. The summed E-state index contributed by atoms with van der Waals surface area (Å²) in [6.45, 7) is 0.593. The zero-order valence-electron chi connectivity index (χ0n) is 7.03. The van der Waals surface area contributed by atoms with Gasteiger partial charge < -0.3 is 15.5 Å². The molecule has 0 aliphatic rings. The number of nitrogens with zero attached hydrogens (tertiary/aromatic N) is 1. The molecule has 6 heteroatoms. The molecule has 0 bridgehead atoms. The van der Waals surface area contributed by atoms with E-state index in [0.29, 0.717) is 13.2 Å². The molecule has 1 aromatic heterocycles. The maximum Gasteiger partial charge on any atom is 0.325 e. The fourth-order valence-corrected chi connectivity index (χ4v) is 0.861. The first kappa shape index (κ1) is 9.53. The van der Waals surface area contributed by atoms with Crippen molar-refractivity contribution < 1.29 is 9.53 Å². The minimum Gasteiger partial charge on any atom is -0.370 e. The lowest BCUT2D eigenvalue weighted by atomic mass is 10.6. The smallest absolute Gasteiger partial charge is 0.325 e. The van der Waals surface area contributed by atoms with Gasteiger partial charge in [-0.1, -0.05) is 0 Å². The van der Waals surface area contributed by atoms with Crippen LogP contribution >= 0.6 is 0 Å². The number of aromatic amines is 1. The van der Waals surface area contributed by atoms with Gasteiger partial charge in [0.1, 0.15) is 6.61 Å². The summed E-state index contributed by atoms with van der Waals surface area (Å²) in [6.07, 6.45) is 3.15. The summed E-state index contributed by atoms with van der Waals surface area (Å²) in [5.74, 6) is -0.513. The second-order valence-electron chi connectivity index (χ2n) is 2.48. The number of rotatable bonds is 5. The Morgan fingerprint density at radius 1 is 1.69 bits per heavy atom. The van der Waals surface area contributed by atoms with Gasteiger partial charge in [0.15, 0.2) is 0 Å². The van der Waals surface area contributed by atoms with Gasteiger partial charge in [-0.15, -0.1) is 0 Å². The molecule has 1 amide bonds. The van der Waals surface area contributed by atoms with Crippen LogP contribution in [0.25, 0.3) is 0 Å². The summed E-state index contributed by atoms with van der Waals surface area (Å²) in [5.41, 5.74) is 4.65. The summed E-state index contributed by atoms with van der Waals surface area (Å²) in [6, 6.07) is 0. The normalized spacial score (nSPS) is 10.2. The van der Waals surface area contributed by atoms with E-state index in [4.69, 9.17) is 10.5 Å². The molecular formula is C7H11N3O3. The third-order valence-corrected chi connectivity index (χ3v) is 1.44. The van der Waals surface area contributed by atoms with Gasteiger partial charge in [-0.25, -0.2) is 4.79 Å². The number of aromatic nitrogens is 2. The van der Waals surface area contributed by atoms with Crippen molar-refractivity contribution in [2.75, 3.05) is 13.2 Å². The standard InChI is InChI=1S/C7H11N3O3/c8-6(11)5-13-4-3-10-2-1-9-7(10)12/h1-2H,3-5H2,(H2,8,11)(H,9,12). The molecule has 0 atom stereocenters. The van der Waals surface area contributed by atoms with E-state index in [9.17, 15) is 9.59 Å². The number of imidazole rings is 1. The van der Waals surface area contributed by atoms with Crippen LogP contribution in [0.2, 0.25) is 0 Å². The highest BCUT2D eigenvalue weighted by atomic mass is 16.5. The van der Waals surface area contributed by atoms with E-state index in [-0.39, 0.29) is 12.3 Å². The number of hydrogen-bond donors (Lipinski definition) is 2. The average Bonchev–Trinajstić information content (AvgIpc) is 2.45. The van der Waals surface area contributed by atoms with Gasteiger partial charge in [0.2, 0.25) is 5.91 Å². The second-order valence-corrected chi connectivity index (χ2v) is 2.48. The SMILES string of the molecule is NC(=O)COCCn1cc[nH]c1=O. The molecule has 13 heavy (non-hydrogen) atoms. The van der Waals surface area contributed by atoms with Crippen LogP contribution in [0.15, 0.2) is 17.2 Å². The van der Waals surface area contributed by atoms with Crippen molar-refractivity contribution in [2.24, 2.45) is 5.73 Å². The first-order valence-electron chi connectivity index (χ1n) is 3.80. The summed E-state index contributed by atoms with van der Waals surface area (Å²) < 4.78 is 6.32. The molecule has 1 heterocycles. The van der Waals surface area contributed by atoms with Crippen LogP contribution in [-0.4, -0.2) is 28.7 Å². The molecule has 0 aliphatic heterocycles. The fourth-order valence-electron chi connectivity index (χ4n) is 0.861. The fraction of sp³-hybridized carbons (Fsp3) is 0.429. The van der Waals surface area contributed by atoms with Crippen molar-refractivity contribution in [1.29, 1.82) is 0 Å². The molecule has 6 nitrogen and oxygen atoms in total. The molecule has 0 aromatic carbocycles. The Morgan fingerprint density at radius 2 is 2.46 bits per heavy atom. The van der Waals surface area contributed by atoms with E-state index >= 15 is 0 Å². The number of carbonyl (C=O) groups is 1. The molecule has 0 unspecified atom stereocenters. The summed E-state index contributed by atoms with van der Waals surface area (Å²) in [4.78, 5) is 23.6. The highest BCUT2D eigenvalue weighted by molar-refractivity contribution is 5.74. The van der Waals surface area contributed by atoms with Crippen LogP contribution in [0.5, 0.6) is 0 Å². The van der Waals surface area contributed by atoms with Crippen molar-refractivity contribution in [1.82, 2.24) is 9.55 Å². The van der Waals surface area contributed by atoms with E-state index in [1.54, 1.807) is 6.20 Å². The van der Waals surface area contributed by atoms with Gasteiger partial charge in [-0.05, 0) is 0 Å². The summed E-state index contributed by atoms with van der Waals surface area (Å²) >= 11 is 0. The number of nitrogens with one attached hydrogen (secondary N) is 1. The van der Waals surface area contributed by atoms with Gasteiger partial charge in [-0.2, -0.15) is 0 Å². The van der Waals surface area contributed by atoms with Crippen LogP contribution in [0.3, 0.4) is 0 Å². The highest BCUT2D eigenvalue weighted by Crippen LogP contribution is 1.81. The molecule has 0 radical (unpaired) electrons. The number of nitrogens with two attached hydrogens (primary N) is 1. The third-order valence-electron chi connectivity index (χ3n) is 1.44. The number of hydrogen-bond acceptors (Lipinski definition) is 3. The first-order chi connectivity index (χ1) is 6.20. The van der Waals surface area contributed by atoms with Crippen LogP contribution in [0, 0.1) is 0 Å². The van der Waals surface area contributed by atoms with E-state index in [1.165, 1.54) is 10.8 Å². The molecule has 1 aromatic rings. The molecular weight excluding hydrogens is 174 g/mol. The van der Waals surface area contributed by atoms with Gasteiger partial charge in [0.05, 0.1) is 13.2 Å². The quantitative estimate of drug-likeness (QED) is 0.557. The number of carbonyl (C=O) groups excluding carboxylic acids is 1. The van der Waals surface area contributed by atoms with Crippen molar-refractivity contribution in [3.63, 3.8) is 0 Å². The molecule has 1 rings (SSSR count). The zero-order valence-corrected chi connectivity index (χ0v) is 7.03. The van der Waals surface area contributed by atoms with E-state index in [2.05, 4.69) is 4.98 Å². The average molecular weight is 185 g/mol. The Labute approximate surface area is 74.3 Å². The number of ether oxygens (including phenoxy) is 1. The lowest BCUT2D eigenvalue weighted by Crippen LogP contribution is -2.22. The Balaban J connectivity index is 2.24. The Bertz CT molecular complexity index is 328. The first-order valence-corrected chi connectivity index (χ1v) is 3.80. The molecule has 72 valence electrons. The van der Waals surface area contributed by atoms with Crippen LogP contribution in [0.4, 0.5) is 0 Å². The number of amides is 1. The monoisotopic (exact) mass is 185 g/mol. The molecule has 0 fully saturated rings. The zero-order chi connectivity index (χ0) is 9.68. The lowest BCUT2D eigenvalue weighted by Gasteiger charge is -2.01. The topological polar surface area (TPSA) is 90.1 Å². The molecule has 0 aliphatic carbocycles. The largest absolute Gasteiger partial charge is 0.370 e. The van der Waals surface area contributed by atoms with Gasteiger partial charge in [0.25, 0.3) is 0 Å². The Kier molecular flexibility index (Phi) is 3.27. The minimum absolute atomic E-state index is 0.112. The van der Waals surface area contributed by atoms with Crippen molar-refractivity contribution >= 4 is 5.91 Å². The van der Waals surface area contributed by atoms with Crippen LogP contribution in [0.1, 0.15) is 0 Å². The third kappa shape index (κ3) is 3.12.